The molecule has 0 radical (unpaired) electrons. The van der Waals surface area contributed by atoms with Crippen LogP contribution in [0.3, 0.4) is 0 Å². The Labute approximate surface area is 218 Å². The third-order valence-corrected chi connectivity index (χ3v) is 8.72. The van der Waals surface area contributed by atoms with Crippen molar-refractivity contribution < 1.29 is 9.59 Å². The number of amides is 2. The van der Waals surface area contributed by atoms with E-state index in [4.69, 9.17) is 0 Å². The summed E-state index contributed by atoms with van der Waals surface area (Å²) in [4.78, 5) is 27.9. The minimum absolute atomic E-state index is 0.142. The van der Waals surface area contributed by atoms with Crippen LogP contribution in [0, 0.1) is 0 Å². The van der Waals surface area contributed by atoms with Crippen LogP contribution in [0.2, 0.25) is 0 Å². The van der Waals surface area contributed by atoms with Crippen LogP contribution in [0.5, 0.6) is 0 Å². The molecule has 2 aliphatic carbocycles. The highest BCUT2D eigenvalue weighted by molar-refractivity contribution is 7.22. The summed E-state index contributed by atoms with van der Waals surface area (Å²) >= 11 is 1.27. The highest BCUT2D eigenvalue weighted by Crippen LogP contribution is 2.27. The van der Waals surface area contributed by atoms with Gasteiger partial charge in [-0.3, -0.25) is 9.59 Å². The lowest BCUT2D eigenvalue weighted by atomic mass is 10.1. The van der Waals surface area contributed by atoms with E-state index in [-0.39, 0.29) is 35.3 Å². The van der Waals surface area contributed by atoms with Crippen LogP contribution in [-0.4, -0.2) is 53.6 Å². The van der Waals surface area contributed by atoms with E-state index in [0.29, 0.717) is 9.66 Å². The van der Waals surface area contributed by atoms with Gasteiger partial charge in [-0.05, 0) is 37.8 Å². The number of hydrogen-bond donors (Lipinski definition) is 2. The summed E-state index contributed by atoms with van der Waals surface area (Å²) in [6, 6.07) is 7.91. The standard InChI is InChI=1S/C26H32N8O2S/c35-23(27-17-11-5-1-2-6-12-17)21-25-33(31-29-21)19-15-9-10-16-20(19)34-26(37-25)22(30-32-34)24(36)28-18-13-7-3-4-8-14-18/h9-10,15-18H,1-8,11-14H2,(H,27,35)(H,28,36). The first-order chi connectivity index (χ1) is 18.2. The van der Waals surface area contributed by atoms with E-state index >= 15 is 0 Å². The van der Waals surface area contributed by atoms with Gasteiger partial charge in [0.1, 0.15) is 0 Å². The second-order valence-electron chi connectivity index (χ2n) is 10.2. The third kappa shape index (κ3) is 4.84. The average molecular weight is 521 g/mol. The molecule has 2 N–H and O–H groups in total. The zero-order valence-electron chi connectivity index (χ0n) is 20.9. The summed E-state index contributed by atoms with van der Waals surface area (Å²) in [5.41, 5.74) is 1.97. The van der Waals surface area contributed by atoms with Crippen LogP contribution in [0.4, 0.5) is 0 Å². The van der Waals surface area contributed by atoms with E-state index in [1.54, 1.807) is 9.03 Å². The number of nitrogens with zero attached hydrogens (tertiary/aromatic N) is 6. The molecular weight excluding hydrogens is 488 g/mol. The van der Waals surface area contributed by atoms with Crippen LogP contribution in [0.1, 0.15) is 98.0 Å². The normalized spacial score (nSPS) is 18.1. The lowest BCUT2D eigenvalue weighted by molar-refractivity contribution is 0.0921. The molecule has 3 aromatic heterocycles. The van der Waals surface area contributed by atoms with Crippen molar-refractivity contribution in [2.75, 3.05) is 0 Å². The van der Waals surface area contributed by atoms with Crippen molar-refractivity contribution >= 4 is 43.8 Å². The number of aromatic nitrogens is 6. The molecule has 37 heavy (non-hydrogen) atoms. The van der Waals surface area contributed by atoms with Crippen molar-refractivity contribution in [2.45, 2.75) is 89.1 Å². The molecule has 0 aliphatic heterocycles. The smallest absolute Gasteiger partial charge is 0.275 e. The minimum atomic E-state index is -0.233. The topological polar surface area (TPSA) is 119 Å². The molecule has 1 aromatic carbocycles. The number of para-hydroxylation sites is 2. The molecule has 2 aliphatic rings. The molecule has 0 unspecified atom stereocenters. The fourth-order valence-electron chi connectivity index (χ4n) is 5.60. The zero-order chi connectivity index (χ0) is 25.2. The van der Waals surface area contributed by atoms with Crippen molar-refractivity contribution in [3.05, 3.63) is 35.7 Å². The molecule has 194 valence electrons. The van der Waals surface area contributed by atoms with Gasteiger partial charge in [-0.2, -0.15) is 0 Å². The van der Waals surface area contributed by atoms with E-state index in [0.717, 1.165) is 62.4 Å². The highest BCUT2D eigenvalue weighted by Gasteiger charge is 2.25. The van der Waals surface area contributed by atoms with Gasteiger partial charge in [0.2, 0.25) is 0 Å². The number of hydrogen-bond acceptors (Lipinski definition) is 7. The highest BCUT2D eigenvalue weighted by atomic mass is 32.1. The molecule has 6 rings (SSSR count). The third-order valence-electron chi connectivity index (χ3n) is 7.60. The fraction of sp³-hybridized carbons (Fsp3) is 0.538. The van der Waals surface area contributed by atoms with E-state index < -0.39 is 0 Å². The average Bonchev–Trinajstić information content (AvgIpc) is 3.24. The lowest BCUT2D eigenvalue weighted by Gasteiger charge is -2.15. The van der Waals surface area contributed by atoms with Gasteiger partial charge in [0.15, 0.2) is 21.0 Å². The number of fused-ring (bicyclic) bond motifs is 5. The first-order valence-corrected chi connectivity index (χ1v) is 14.3. The predicted molar refractivity (Wildman–Crippen MR) is 142 cm³/mol. The summed E-state index contributed by atoms with van der Waals surface area (Å²) in [7, 11) is 0. The molecule has 4 aromatic rings. The van der Waals surface area contributed by atoms with Crippen LogP contribution in [0.25, 0.3) is 20.7 Å². The summed E-state index contributed by atoms with van der Waals surface area (Å²) < 4.78 is 3.34. The number of carbonyl (C=O) groups is 2. The number of carbonyl (C=O) groups excluding carboxylic acids is 2. The Kier molecular flexibility index (Phi) is 6.86. The van der Waals surface area contributed by atoms with Gasteiger partial charge in [0, 0.05) is 12.1 Å². The number of rotatable bonds is 4. The molecule has 11 heteroatoms. The second kappa shape index (κ2) is 10.6. The van der Waals surface area contributed by atoms with E-state index in [9.17, 15) is 9.59 Å². The monoisotopic (exact) mass is 520 g/mol. The SMILES string of the molecule is O=C(NC1CCCCCC1)c1nnn2c1sc1c(C(=O)NC3CCCCCC3)nnn1c1ccccc12. The van der Waals surface area contributed by atoms with Crippen LogP contribution in [-0.2, 0) is 0 Å². The van der Waals surface area contributed by atoms with Gasteiger partial charge in [-0.15, -0.1) is 10.2 Å². The Morgan fingerprint density at radius 3 is 1.49 bits per heavy atom. The van der Waals surface area contributed by atoms with E-state index in [1.165, 1.54) is 37.0 Å². The Balaban J connectivity index is 1.43. The maximum absolute atomic E-state index is 13.4. The van der Waals surface area contributed by atoms with Crippen molar-refractivity contribution in [1.29, 1.82) is 0 Å². The van der Waals surface area contributed by atoms with Crippen molar-refractivity contribution in [2.24, 2.45) is 0 Å². The predicted octanol–water partition coefficient (Wildman–Crippen LogP) is 4.45. The maximum Gasteiger partial charge on any atom is 0.275 e. The minimum Gasteiger partial charge on any atom is -0.348 e. The first-order valence-electron chi connectivity index (χ1n) is 13.5. The first kappa shape index (κ1) is 24.0. The lowest BCUT2D eigenvalue weighted by Crippen LogP contribution is -2.34. The van der Waals surface area contributed by atoms with Crippen molar-refractivity contribution in [3.63, 3.8) is 0 Å². The molecule has 0 bridgehead atoms. The van der Waals surface area contributed by atoms with Gasteiger partial charge in [0.05, 0.1) is 11.0 Å². The summed E-state index contributed by atoms with van der Waals surface area (Å²) in [5.74, 6) is -0.466. The number of nitrogens with one attached hydrogen (secondary N) is 2. The van der Waals surface area contributed by atoms with Crippen LogP contribution >= 0.6 is 11.3 Å². The van der Waals surface area contributed by atoms with Gasteiger partial charge >= 0.3 is 0 Å². The fourth-order valence-corrected chi connectivity index (χ4v) is 6.68. The van der Waals surface area contributed by atoms with Crippen molar-refractivity contribution in [3.8, 4) is 0 Å². The molecule has 0 atom stereocenters. The Morgan fingerprint density at radius 1 is 0.676 bits per heavy atom. The van der Waals surface area contributed by atoms with Crippen molar-refractivity contribution in [1.82, 2.24) is 40.3 Å². The molecule has 0 saturated heterocycles. The molecule has 3 heterocycles. The Bertz CT molecular complexity index is 1350. The Hall–Kier alpha value is -3.34. The summed E-state index contributed by atoms with van der Waals surface area (Å²) in [6.07, 6.45) is 13.3. The summed E-state index contributed by atoms with van der Waals surface area (Å²) in [5, 5.41) is 23.7. The van der Waals surface area contributed by atoms with Crippen LogP contribution < -0.4 is 10.6 Å². The number of benzene rings is 1. The second-order valence-corrected chi connectivity index (χ2v) is 11.2. The quantitative estimate of drug-likeness (QED) is 0.384. The van der Waals surface area contributed by atoms with Gasteiger partial charge < -0.3 is 10.6 Å². The van der Waals surface area contributed by atoms with Gasteiger partial charge in [0.25, 0.3) is 11.8 Å². The Morgan fingerprint density at radius 2 is 1.08 bits per heavy atom. The molecule has 10 nitrogen and oxygen atoms in total. The van der Waals surface area contributed by atoms with E-state index in [1.807, 2.05) is 24.3 Å². The molecule has 0 spiro atoms. The molecular formula is C26H32N8O2S. The molecule has 2 amide bonds. The van der Waals surface area contributed by atoms with E-state index in [2.05, 4.69) is 31.3 Å². The molecule has 2 fully saturated rings. The zero-order valence-corrected chi connectivity index (χ0v) is 21.7. The largest absolute Gasteiger partial charge is 0.348 e. The van der Waals surface area contributed by atoms with Crippen LogP contribution in [0.15, 0.2) is 24.3 Å². The maximum atomic E-state index is 13.4. The van der Waals surface area contributed by atoms with Gasteiger partial charge in [-0.25, -0.2) is 9.03 Å². The summed E-state index contributed by atoms with van der Waals surface area (Å²) in [6.45, 7) is 0. The van der Waals surface area contributed by atoms with Gasteiger partial charge in [-0.1, -0.05) is 85.3 Å². The molecule has 2 saturated carbocycles.